The summed E-state index contributed by atoms with van der Waals surface area (Å²) in [6, 6.07) is 0. The predicted molar refractivity (Wildman–Crippen MR) is 94.4 cm³/mol. The largest absolute Gasteiger partial charge is 0.542 e. The zero-order chi connectivity index (χ0) is 15.9. The van der Waals surface area contributed by atoms with Crippen LogP contribution in [0, 0.1) is 0 Å². The van der Waals surface area contributed by atoms with E-state index in [4.69, 9.17) is 55.3 Å². The van der Waals surface area contributed by atoms with E-state index in [1.807, 2.05) is 39.3 Å². The predicted octanol–water partition coefficient (Wildman–Crippen LogP) is 6.73. The zero-order valence-corrected chi connectivity index (χ0v) is 17.4. The molecule has 0 spiro atoms. The van der Waals surface area contributed by atoms with Gasteiger partial charge in [-0.25, -0.2) is 0 Å². The number of rotatable bonds is 4. The molecule has 0 aromatic heterocycles. The van der Waals surface area contributed by atoms with Gasteiger partial charge in [0.25, 0.3) is 0 Å². The Kier molecular flexibility index (Phi) is 5.78. The Morgan fingerprint density at radius 1 is 0.550 bits per heavy atom. The highest BCUT2D eigenvalue weighted by molar-refractivity contribution is 6.71. The Hall–Kier alpha value is 0.414. The summed E-state index contributed by atoms with van der Waals surface area (Å²) in [6.07, 6.45) is 0. The Labute approximate surface area is 142 Å². The summed E-state index contributed by atoms with van der Waals surface area (Å²) in [5, 5.41) is 0.988. The van der Waals surface area contributed by atoms with E-state index in [0.717, 1.165) is 0 Å². The Balaban J connectivity index is 3.42. The summed E-state index contributed by atoms with van der Waals surface area (Å²) in [5.41, 5.74) is 0. The minimum atomic E-state index is -1.89. The SMILES string of the molecule is C[Si](C)(C)Oc1c(Cl)c(Cl)c(O[Si](C)(C)C)c(Cl)c1Cl. The van der Waals surface area contributed by atoms with Crippen molar-refractivity contribution in [1.82, 2.24) is 0 Å². The number of halogens is 4. The highest BCUT2D eigenvalue weighted by atomic mass is 35.5. The average Bonchev–Trinajstić information content (AvgIpc) is 2.25. The molecule has 0 heterocycles. The maximum atomic E-state index is 6.27. The molecule has 0 fully saturated rings. The lowest BCUT2D eigenvalue weighted by atomic mass is 10.3. The van der Waals surface area contributed by atoms with Gasteiger partial charge < -0.3 is 8.85 Å². The Bertz CT molecular complexity index is 446. The number of hydrogen-bond donors (Lipinski definition) is 0. The summed E-state index contributed by atoms with van der Waals surface area (Å²) >= 11 is 25.1. The van der Waals surface area contributed by atoms with Crippen molar-refractivity contribution < 1.29 is 8.85 Å². The summed E-state index contributed by atoms with van der Waals surface area (Å²) < 4.78 is 11.7. The van der Waals surface area contributed by atoms with Crippen LogP contribution in [0.15, 0.2) is 0 Å². The maximum absolute atomic E-state index is 6.27. The van der Waals surface area contributed by atoms with E-state index >= 15 is 0 Å². The fraction of sp³-hybridized carbons (Fsp3) is 0.500. The Morgan fingerprint density at radius 3 is 0.900 bits per heavy atom. The lowest BCUT2D eigenvalue weighted by Gasteiger charge is -2.26. The second kappa shape index (κ2) is 6.27. The van der Waals surface area contributed by atoms with Crippen LogP contribution >= 0.6 is 46.4 Å². The smallest absolute Gasteiger partial charge is 0.242 e. The van der Waals surface area contributed by atoms with Crippen LogP contribution < -0.4 is 8.85 Å². The summed E-state index contributed by atoms with van der Waals surface area (Å²) in [4.78, 5) is 0. The van der Waals surface area contributed by atoms with Crippen LogP contribution in [0.25, 0.3) is 0 Å². The van der Waals surface area contributed by atoms with Crippen LogP contribution in [0.4, 0.5) is 0 Å². The molecule has 0 saturated carbocycles. The highest BCUT2D eigenvalue weighted by Crippen LogP contribution is 2.51. The molecule has 0 aliphatic carbocycles. The molecule has 0 aliphatic heterocycles. The molecule has 114 valence electrons. The maximum Gasteiger partial charge on any atom is 0.242 e. The third-order valence-corrected chi connectivity index (χ3v) is 5.27. The van der Waals surface area contributed by atoms with E-state index in [1.54, 1.807) is 0 Å². The van der Waals surface area contributed by atoms with Crippen LogP contribution in [0.3, 0.4) is 0 Å². The molecule has 0 aliphatic rings. The van der Waals surface area contributed by atoms with E-state index in [2.05, 4.69) is 0 Å². The molecule has 0 amide bonds. The molecule has 0 radical (unpaired) electrons. The third kappa shape index (κ3) is 4.71. The van der Waals surface area contributed by atoms with Crippen molar-refractivity contribution in [2.24, 2.45) is 0 Å². The van der Waals surface area contributed by atoms with Gasteiger partial charge in [-0.3, -0.25) is 0 Å². The molecule has 0 N–H and O–H groups in total. The molecule has 0 bridgehead atoms. The van der Waals surface area contributed by atoms with E-state index in [0.29, 0.717) is 11.5 Å². The van der Waals surface area contributed by atoms with Crippen LogP contribution in [0.5, 0.6) is 11.5 Å². The van der Waals surface area contributed by atoms with Gasteiger partial charge in [0.1, 0.15) is 31.6 Å². The lowest BCUT2D eigenvalue weighted by Crippen LogP contribution is -2.31. The van der Waals surface area contributed by atoms with E-state index in [-0.39, 0.29) is 20.1 Å². The first kappa shape index (κ1) is 18.5. The second-order valence-corrected chi connectivity index (χ2v) is 16.7. The molecule has 1 rings (SSSR count). The average molecular weight is 392 g/mol. The fourth-order valence-electron chi connectivity index (χ4n) is 1.38. The molecular weight excluding hydrogens is 374 g/mol. The monoisotopic (exact) mass is 390 g/mol. The van der Waals surface area contributed by atoms with Crippen LogP contribution in [0.1, 0.15) is 0 Å². The first-order valence-electron chi connectivity index (χ1n) is 6.07. The summed E-state index contributed by atoms with van der Waals surface area (Å²) in [5.74, 6) is 0.677. The first-order chi connectivity index (χ1) is 8.83. The van der Waals surface area contributed by atoms with Crippen molar-refractivity contribution in [1.29, 1.82) is 0 Å². The van der Waals surface area contributed by atoms with Gasteiger partial charge >= 0.3 is 0 Å². The molecule has 1 aromatic rings. The van der Waals surface area contributed by atoms with E-state index in [1.165, 1.54) is 0 Å². The van der Waals surface area contributed by atoms with Gasteiger partial charge in [-0.1, -0.05) is 46.4 Å². The molecule has 0 unspecified atom stereocenters. The Morgan fingerprint density at radius 2 is 0.750 bits per heavy atom. The molecule has 0 atom stereocenters. The number of hydrogen-bond acceptors (Lipinski definition) is 2. The van der Waals surface area contributed by atoms with Gasteiger partial charge in [-0.15, -0.1) is 0 Å². The van der Waals surface area contributed by atoms with Crippen molar-refractivity contribution in [2.45, 2.75) is 39.3 Å². The first-order valence-corrected chi connectivity index (χ1v) is 14.4. The minimum absolute atomic E-state index is 0.247. The lowest BCUT2D eigenvalue weighted by molar-refractivity contribution is 0.543. The van der Waals surface area contributed by atoms with Crippen LogP contribution in [-0.4, -0.2) is 16.6 Å². The molecule has 8 heteroatoms. The fourth-order valence-corrected chi connectivity index (χ4v) is 4.25. The molecule has 2 nitrogen and oxygen atoms in total. The molecule has 0 saturated heterocycles. The summed E-state index contributed by atoms with van der Waals surface area (Å²) in [6.45, 7) is 12.1. The topological polar surface area (TPSA) is 18.5 Å². The quantitative estimate of drug-likeness (QED) is 0.418. The molecule has 1 aromatic carbocycles. The van der Waals surface area contributed by atoms with Gasteiger partial charge in [0.05, 0.1) is 0 Å². The van der Waals surface area contributed by atoms with Gasteiger partial charge in [-0.05, 0) is 39.3 Å². The standard InChI is InChI=1S/C12H18Cl4O2Si2/c1-19(2,3)17-11-7(13)9(15)12(10(16)8(11)14)18-20(4,5)6/h1-6H3. The van der Waals surface area contributed by atoms with Gasteiger partial charge in [0, 0.05) is 0 Å². The zero-order valence-electron chi connectivity index (χ0n) is 12.3. The second-order valence-electron chi connectivity index (χ2n) is 6.34. The van der Waals surface area contributed by atoms with Crippen LogP contribution in [0.2, 0.25) is 59.4 Å². The van der Waals surface area contributed by atoms with Crippen molar-refractivity contribution in [3.63, 3.8) is 0 Å². The highest BCUT2D eigenvalue weighted by Gasteiger charge is 2.29. The van der Waals surface area contributed by atoms with Crippen molar-refractivity contribution in [3.8, 4) is 11.5 Å². The normalized spacial score (nSPS) is 12.5. The van der Waals surface area contributed by atoms with Crippen molar-refractivity contribution in [2.75, 3.05) is 0 Å². The van der Waals surface area contributed by atoms with Crippen molar-refractivity contribution >= 4 is 63.0 Å². The number of benzene rings is 1. The molecular formula is C12H18Cl4O2Si2. The van der Waals surface area contributed by atoms with E-state index < -0.39 is 16.6 Å². The summed E-state index contributed by atoms with van der Waals surface area (Å²) in [7, 11) is -3.78. The van der Waals surface area contributed by atoms with Crippen LogP contribution in [-0.2, 0) is 0 Å². The van der Waals surface area contributed by atoms with Gasteiger partial charge in [0.15, 0.2) is 0 Å². The minimum Gasteiger partial charge on any atom is -0.542 e. The van der Waals surface area contributed by atoms with Gasteiger partial charge in [0.2, 0.25) is 16.6 Å². The van der Waals surface area contributed by atoms with Gasteiger partial charge in [-0.2, -0.15) is 0 Å². The molecule has 20 heavy (non-hydrogen) atoms. The van der Waals surface area contributed by atoms with E-state index in [9.17, 15) is 0 Å². The van der Waals surface area contributed by atoms with Crippen molar-refractivity contribution in [3.05, 3.63) is 20.1 Å². The third-order valence-electron chi connectivity index (χ3n) is 2.00.